The molecule has 11 heavy (non-hydrogen) atoms. The number of fused-ring (bicyclic) bond motifs is 1. The first-order valence-electron chi connectivity index (χ1n) is 3.32. The minimum Gasteiger partial charge on any atom is -0.255 e. The Balaban J connectivity index is 2.83. The van der Waals surface area contributed by atoms with Crippen molar-refractivity contribution in [2.24, 2.45) is 0 Å². The first kappa shape index (κ1) is 6.34. The second-order valence-electron chi connectivity index (χ2n) is 2.31. The molecule has 0 aliphatic rings. The van der Waals surface area contributed by atoms with E-state index in [2.05, 4.69) is 9.97 Å². The van der Waals surface area contributed by atoms with Crippen molar-refractivity contribution in [2.75, 3.05) is 0 Å². The quantitative estimate of drug-likeness (QED) is 0.495. The van der Waals surface area contributed by atoms with E-state index in [0.29, 0.717) is 5.46 Å². The monoisotopic (exact) mass is 140 g/mol. The molecule has 0 N–H and O–H groups in total. The van der Waals surface area contributed by atoms with Gasteiger partial charge in [-0.3, -0.25) is 9.97 Å². The highest BCUT2D eigenvalue weighted by molar-refractivity contribution is 6.32. The topological polar surface area (TPSA) is 25.8 Å². The molecule has 3 heteroatoms. The maximum Gasteiger partial charge on any atom is 0.116 e. The SMILES string of the molecule is [B]c1cnc2cccnc2c1. The molecule has 0 saturated carbocycles. The summed E-state index contributed by atoms with van der Waals surface area (Å²) in [5.41, 5.74) is 2.37. The summed E-state index contributed by atoms with van der Waals surface area (Å²) in [6, 6.07) is 5.57. The smallest absolute Gasteiger partial charge is 0.116 e. The number of nitrogens with zero attached hydrogens (tertiary/aromatic N) is 2. The fourth-order valence-corrected chi connectivity index (χ4v) is 0.969. The van der Waals surface area contributed by atoms with Crippen molar-refractivity contribution in [3.63, 3.8) is 0 Å². The lowest BCUT2D eigenvalue weighted by Crippen LogP contribution is -2.02. The van der Waals surface area contributed by atoms with Crippen LogP contribution < -0.4 is 5.46 Å². The van der Waals surface area contributed by atoms with Gasteiger partial charge in [-0.1, -0.05) is 5.46 Å². The van der Waals surface area contributed by atoms with Crippen LogP contribution in [-0.2, 0) is 0 Å². The van der Waals surface area contributed by atoms with Crippen molar-refractivity contribution in [3.05, 3.63) is 30.6 Å². The highest BCUT2D eigenvalue weighted by Crippen LogP contribution is 2.02. The third-order valence-corrected chi connectivity index (χ3v) is 1.47. The molecule has 2 heterocycles. The lowest BCUT2D eigenvalue weighted by Gasteiger charge is -1.95. The Kier molecular flexibility index (Phi) is 1.35. The number of rotatable bonds is 0. The Morgan fingerprint density at radius 3 is 3.00 bits per heavy atom. The second-order valence-corrected chi connectivity index (χ2v) is 2.31. The van der Waals surface area contributed by atoms with E-state index in [1.165, 1.54) is 0 Å². The molecule has 2 aromatic rings. The number of hydrogen-bond acceptors (Lipinski definition) is 2. The molecule has 2 radical (unpaired) electrons. The van der Waals surface area contributed by atoms with Crippen molar-refractivity contribution >= 4 is 24.3 Å². The first-order chi connectivity index (χ1) is 5.36. The van der Waals surface area contributed by atoms with Crippen LogP contribution in [0.3, 0.4) is 0 Å². The molecule has 2 aromatic heterocycles. The highest BCUT2D eigenvalue weighted by Gasteiger charge is 1.92. The Hall–Kier alpha value is -1.38. The van der Waals surface area contributed by atoms with E-state index in [4.69, 9.17) is 7.85 Å². The summed E-state index contributed by atoms with van der Waals surface area (Å²) in [4.78, 5) is 8.19. The third kappa shape index (κ3) is 1.09. The van der Waals surface area contributed by atoms with Crippen molar-refractivity contribution in [1.82, 2.24) is 9.97 Å². The molecular weight excluding hydrogens is 135 g/mol. The van der Waals surface area contributed by atoms with Gasteiger partial charge in [-0.05, 0) is 18.2 Å². The molecule has 0 spiro atoms. The standard InChI is InChI=1S/C8H5BN2/c9-6-4-8-7(11-5-6)2-1-3-10-8/h1-5H. The first-order valence-corrected chi connectivity index (χ1v) is 3.32. The molecule has 0 fully saturated rings. The van der Waals surface area contributed by atoms with Crippen LogP contribution in [0.2, 0.25) is 0 Å². The Morgan fingerprint density at radius 2 is 2.09 bits per heavy atom. The van der Waals surface area contributed by atoms with Crippen LogP contribution in [0.25, 0.3) is 11.0 Å². The lowest BCUT2D eigenvalue weighted by atomic mass is 9.98. The van der Waals surface area contributed by atoms with Crippen molar-refractivity contribution in [2.45, 2.75) is 0 Å². The number of aromatic nitrogens is 2. The van der Waals surface area contributed by atoms with Crippen LogP contribution in [0.15, 0.2) is 30.6 Å². The summed E-state index contributed by atoms with van der Waals surface area (Å²) in [6.45, 7) is 0. The molecule has 0 bridgehead atoms. The van der Waals surface area contributed by atoms with E-state index in [1.807, 2.05) is 18.2 Å². The van der Waals surface area contributed by atoms with Crippen LogP contribution in [0.5, 0.6) is 0 Å². The van der Waals surface area contributed by atoms with Crippen LogP contribution in [0.1, 0.15) is 0 Å². The molecule has 0 atom stereocenters. The minimum absolute atomic E-state index is 0.649. The molecule has 50 valence electrons. The summed E-state index contributed by atoms with van der Waals surface area (Å²) in [5, 5.41) is 0. The Bertz CT molecular complexity index is 387. The predicted octanol–water partition coefficient (Wildman–Crippen LogP) is 0.424. The van der Waals surface area contributed by atoms with Gasteiger partial charge in [0.2, 0.25) is 0 Å². The van der Waals surface area contributed by atoms with Gasteiger partial charge in [0.1, 0.15) is 7.85 Å². The lowest BCUT2D eigenvalue weighted by molar-refractivity contribution is 1.35. The minimum atomic E-state index is 0.649. The molecule has 0 saturated heterocycles. The molecule has 2 rings (SSSR count). The van der Waals surface area contributed by atoms with Gasteiger partial charge in [-0.2, -0.15) is 0 Å². The van der Waals surface area contributed by atoms with E-state index in [1.54, 1.807) is 12.4 Å². The largest absolute Gasteiger partial charge is 0.255 e. The van der Waals surface area contributed by atoms with Crippen molar-refractivity contribution < 1.29 is 0 Å². The zero-order valence-corrected chi connectivity index (χ0v) is 5.86. The number of pyridine rings is 2. The summed E-state index contributed by atoms with van der Waals surface area (Å²) in [5.74, 6) is 0. The van der Waals surface area contributed by atoms with Crippen molar-refractivity contribution in [1.29, 1.82) is 0 Å². The maximum absolute atomic E-state index is 5.52. The highest BCUT2D eigenvalue weighted by atomic mass is 14.7. The van der Waals surface area contributed by atoms with Gasteiger partial charge in [0.25, 0.3) is 0 Å². The van der Waals surface area contributed by atoms with Crippen LogP contribution in [0.4, 0.5) is 0 Å². The van der Waals surface area contributed by atoms with E-state index in [-0.39, 0.29) is 0 Å². The van der Waals surface area contributed by atoms with E-state index < -0.39 is 0 Å². The molecule has 2 nitrogen and oxygen atoms in total. The molecule has 0 aliphatic heterocycles. The Morgan fingerprint density at radius 1 is 1.18 bits per heavy atom. The summed E-state index contributed by atoms with van der Waals surface area (Å²) in [6.07, 6.45) is 3.35. The van der Waals surface area contributed by atoms with Gasteiger partial charge < -0.3 is 0 Å². The third-order valence-electron chi connectivity index (χ3n) is 1.47. The average molecular weight is 140 g/mol. The van der Waals surface area contributed by atoms with Crippen LogP contribution in [-0.4, -0.2) is 17.8 Å². The molecule has 0 amide bonds. The predicted molar refractivity (Wildman–Crippen MR) is 44.9 cm³/mol. The summed E-state index contributed by atoms with van der Waals surface area (Å²) >= 11 is 0. The molecule has 0 unspecified atom stereocenters. The van der Waals surface area contributed by atoms with Crippen LogP contribution in [0, 0.1) is 0 Å². The van der Waals surface area contributed by atoms with Gasteiger partial charge in [-0.25, -0.2) is 0 Å². The van der Waals surface area contributed by atoms with Gasteiger partial charge in [0, 0.05) is 12.4 Å². The van der Waals surface area contributed by atoms with E-state index in [9.17, 15) is 0 Å². The summed E-state index contributed by atoms with van der Waals surface area (Å²) < 4.78 is 0. The molecule has 0 aliphatic carbocycles. The molecular formula is C8H5BN2. The Labute approximate surface area is 65.7 Å². The fourth-order valence-electron chi connectivity index (χ4n) is 0.969. The molecule has 0 aromatic carbocycles. The number of hydrogen-bond donors (Lipinski definition) is 0. The second kappa shape index (κ2) is 2.34. The zero-order valence-electron chi connectivity index (χ0n) is 5.86. The summed E-state index contributed by atoms with van der Waals surface area (Å²) in [7, 11) is 5.52. The van der Waals surface area contributed by atoms with Gasteiger partial charge in [-0.15, -0.1) is 0 Å². The van der Waals surface area contributed by atoms with E-state index in [0.717, 1.165) is 11.0 Å². The average Bonchev–Trinajstić information content (AvgIpc) is 2.04. The van der Waals surface area contributed by atoms with Gasteiger partial charge >= 0.3 is 0 Å². The van der Waals surface area contributed by atoms with E-state index >= 15 is 0 Å². The zero-order chi connectivity index (χ0) is 7.68. The van der Waals surface area contributed by atoms with Crippen LogP contribution >= 0.6 is 0 Å². The maximum atomic E-state index is 5.52. The van der Waals surface area contributed by atoms with Crippen molar-refractivity contribution in [3.8, 4) is 0 Å². The van der Waals surface area contributed by atoms with Gasteiger partial charge in [0.15, 0.2) is 0 Å². The fraction of sp³-hybridized carbons (Fsp3) is 0. The van der Waals surface area contributed by atoms with Gasteiger partial charge in [0.05, 0.1) is 11.0 Å². The normalized spacial score (nSPS) is 10.2.